The molecule has 21 heavy (non-hydrogen) atoms. The zero-order valence-corrected chi connectivity index (χ0v) is 12.2. The zero-order valence-electron chi connectivity index (χ0n) is 12.2. The number of rotatable bonds is 1. The summed E-state index contributed by atoms with van der Waals surface area (Å²) in [5, 5.41) is 10.5. The number of para-hydroxylation sites is 2. The maximum absolute atomic E-state index is 6.83. The van der Waals surface area contributed by atoms with Crippen LogP contribution in [0, 0.1) is 5.41 Å². The molecule has 1 heterocycles. The summed E-state index contributed by atoms with van der Waals surface area (Å²) < 4.78 is 1.28. The second kappa shape index (κ2) is 9.84. The summed E-state index contributed by atoms with van der Waals surface area (Å²) >= 11 is 0. The second-order valence-electron chi connectivity index (χ2n) is 3.43. The Kier molecular flexibility index (Phi) is 8.42. The van der Waals surface area contributed by atoms with E-state index in [0.717, 1.165) is 0 Å². The van der Waals surface area contributed by atoms with Crippen LogP contribution in [0.2, 0.25) is 0 Å². The van der Waals surface area contributed by atoms with Crippen LogP contribution in [0.5, 0.6) is 0 Å². The Labute approximate surface area is 124 Å². The van der Waals surface area contributed by atoms with E-state index in [1.165, 1.54) is 4.68 Å². The van der Waals surface area contributed by atoms with Crippen LogP contribution in [0.25, 0.3) is 0 Å². The quantitative estimate of drug-likeness (QED) is 0.298. The van der Waals surface area contributed by atoms with Crippen molar-refractivity contribution >= 4 is 23.3 Å². The van der Waals surface area contributed by atoms with Crippen LogP contribution in [0.1, 0.15) is 13.8 Å². The van der Waals surface area contributed by atoms with E-state index < -0.39 is 0 Å². The lowest BCUT2D eigenvalue weighted by Crippen LogP contribution is -2.22. The minimum atomic E-state index is -0.0602. The average Bonchev–Trinajstić information content (AvgIpc) is 2.98. The number of aliphatic imine (C=N–C) groups is 1. The Bertz CT molecular complexity index is 555. The van der Waals surface area contributed by atoms with Gasteiger partial charge in [0.1, 0.15) is 0 Å². The molecule has 0 bridgehead atoms. The second-order valence-corrected chi connectivity index (χ2v) is 3.43. The van der Waals surface area contributed by atoms with E-state index in [9.17, 15) is 0 Å². The van der Waals surface area contributed by atoms with Gasteiger partial charge in [0, 0.05) is 12.4 Å². The normalized spacial score (nSPS) is 8.48. The molecule has 0 atom stereocenters. The van der Waals surface area contributed by atoms with Gasteiger partial charge in [0.15, 0.2) is 5.96 Å². The van der Waals surface area contributed by atoms with Crippen molar-refractivity contribution in [1.29, 1.82) is 5.41 Å². The lowest BCUT2D eigenvalue weighted by atomic mass is 10.3. The van der Waals surface area contributed by atoms with Crippen molar-refractivity contribution < 1.29 is 0 Å². The monoisotopic (exact) mass is 290 g/mol. The molecule has 0 saturated heterocycles. The van der Waals surface area contributed by atoms with Crippen molar-refractivity contribution in [3.63, 3.8) is 0 Å². The van der Waals surface area contributed by atoms with Crippen molar-refractivity contribution in [2.24, 2.45) is 22.2 Å². The number of aromatic nitrogens is 2. The first-order chi connectivity index (χ1) is 10.0. The fourth-order valence-electron chi connectivity index (χ4n) is 1.14. The molecule has 0 aliphatic heterocycles. The van der Waals surface area contributed by atoms with Crippen molar-refractivity contribution in [2.75, 3.05) is 5.73 Å². The highest BCUT2D eigenvalue weighted by Gasteiger charge is 1.93. The molecule has 0 aliphatic carbocycles. The molecule has 114 valence electrons. The van der Waals surface area contributed by atoms with E-state index in [4.69, 9.17) is 28.3 Å². The molecule has 0 aliphatic rings. The molecule has 2 rings (SSSR count). The summed E-state index contributed by atoms with van der Waals surface area (Å²) in [6.45, 7) is 4.00. The summed E-state index contributed by atoms with van der Waals surface area (Å²) in [6, 6.07) is 8.83. The minimum Gasteiger partial charge on any atom is -0.397 e. The molecule has 2 aromatic rings. The average molecular weight is 290 g/mol. The summed E-state index contributed by atoms with van der Waals surface area (Å²) in [7, 11) is 0. The van der Waals surface area contributed by atoms with Gasteiger partial charge in [0.25, 0.3) is 0 Å². The first kappa shape index (κ1) is 18.0. The maximum atomic E-state index is 6.83. The van der Waals surface area contributed by atoms with Crippen molar-refractivity contribution in [3.05, 3.63) is 42.7 Å². The number of nitrogen functional groups attached to an aromatic ring is 2. The molecule has 0 spiro atoms. The van der Waals surface area contributed by atoms with Crippen LogP contribution in [0.15, 0.2) is 47.7 Å². The van der Waals surface area contributed by atoms with Gasteiger partial charge in [-0.3, -0.25) is 5.41 Å². The predicted octanol–water partition coefficient (Wildman–Crippen LogP) is 0.825. The SMILES string of the molecule is CC.N=C(N)n1cccn1.NC(N)=Nc1ccccc1N. The molecular weight excluding hydrogens is 268 g/mol. The Hall–Kier alpha value is -3.03. The highest BCUT2D eigenvalue weighted by Crippen LogP contribution is 2.19. The van der Waals surface area contributed by atoms with Crippen molar-refractivity contribution in [3.8, 4) is 0 Å². The van der Waals surface area contributed by atoms with Gasteiger partial charge >= 0.3 is 0 Å². The van der Waals surface area contributed by atoms with E-state index in [1.54, 1.807) is 30.6 Å². The van der Waals surface area contributed by atoms with E-state index in [0.29, 0.717) is 11.4 Å². The van der Waals surface area contributed by atoms with Gasteiger partial charge in [-0.25, -0.2) is 9.67 Å². The van der Waals surface area contributed by atoms with Gasteiger partial charge < -0.3 is 22.9 Å². The highest BCUT2D eigenvalue weighted by atomic mass is 15.3. The number of anilines is 1. The summed E-state index contributed by atoms with van der Waals surface area (Å²) in [4.78, 5) is 3.81. The third kappa shape index (κ3) is 7.21. The number of nitrogens with zero attached hydrogens (tertiary/aromatic N) is 3. The predicted molar refractivity (Wildman–Crippen MR) is 87.2 cm³/mol. The van der Waals surface area contributed by atoms with Crippen LogP contribution in [0.3, 0.4) is 0 Å². The van der Waals surface area contributed by atoms with E-state index >= 15 is 0 Å². The zero-order chi connectivity index (χ0) is 16.3. The first-order valence-electron chi connectivity index (χ1n) is 6.29. The molecule has 0 unspecified atom stereocenters. The number of hydrogen-bond acceptors (Lipinski definition) is 4. The molecule has 0 fully saturated rings. The number of nitrogens with two attached hydrogens (primary N) is 4. The molecular formula is C13H22N8. The van der Waals surface area contributed by atoms with E-state index in [2.05, 4.69) is 10.1 Å². The van der Waals surface area contributed by atoms with Crippen LogP contribution in [-0.2, 0) is 0 Å². The van der Waals surface area contributed by atoms with E-state index in [-0.39, 0.29) is 11.9 Å². The molecule has 0 amide bonds. The van der Waals surface area contributed by atoms with Gasteiger partial charge in [0.2, 0.25) is 5.96 Å². The lowest BCUT2D eigenvalue weighted by Gasteiger charge is -1.97. The fraction of sp³-hybridized carbons (Fsp3) is 0.154. The van der Waals surface area contributed by atoms with Crippen LogP contribution < -0.4 is 22.9 Å². The van der Waals surface area contributed by atoms with Crippen LogP contribution >= 0.6 is 0 Å². The number of benzene rings is 1. The van der Waals surface area contributed by atoms with Gasteiger partial charge in [-0.15, -0.1) is 0 Å². The molecule has 0 saturated carbocycles. The Morgan fingerprint density at radius 1 is 1.14 bits per heavy atom. The number of hydrogen-bond donors (Lipinski definition) is 5. The molecule has 9 N–H and O–H groups in total. The van der Waals surface area contributed by atoms with Crippen molar-refractivity contribution in [1.82, 2.24) is 9.78 Å². The fourth-order valence-corrected chi connectivity index (χ4v) is 1.14. The van der Waals surface area contributed by atoms with Crippen LogP contribution in [0.4, 0.5) is 11.4 Å². The smallest absolute Gasteiger partial charge is 0.213 e. The molecule has 1 aromatic heterocycles. The third-order valence-corrected chi connectivity index (χ3v) is 1.94. The lowest BCUT2D eigenvalue weighted by molar-refractivity contribution is 0.912. The maximum Gasteiger partial charge on any atom is 0.213 e. The molecule has 8 nitrogen and oxygen atoms in total. The standard InChI is InChI=1S/C7H10N4.C4H6N4.C2H6/c8-5-3-1-2-4-6(5)11-7(9)10;5-4(6)8-3-1-2-7-8;1-2/h1-4H,8H2,(H4,9,10,11);1-3H,(H3,5,6);1-2H3. The number of nitrogens with one attached hydrogen (secondary N) is 1. The number of guanidine groups is 1. The molecule has 8 heteroatoms. The summed E-state index contributed by atoms with van der Waals surface area (Å²) in [5.74, 6) is -0.0436. The van der Waals surface area contributed by atoms with Gasteiger partial charge in [-0.1, -0.05) is 26.0 Å². The van der Waals surface area contributed by atoms with E-state index in [1.807, 2.05) is 26.0 Å². The topological polar surface area (TPSA) is 158 Å². The van der Waals surface area contributed by atoms with Gasteiger partial charge in [-0.05, 0) is 18.2 Å². The van der Waals surface area contributed by atoms with Gasteiger partial charge in [0.05, 0.1) is 11.4 Å². The summed E-state index contributed by atoms with van der Waals surface area (Å²) in [5.41, 5.74) is 22.1. The van der Waals surface area contributed by atoms with Crippen LogP contribution in [-0.4, -0.2) is 21.7 Å². The molecule has 0 radical (unpaired) electrons. The highest BCUT2D eigenvalue weighted by molar-refractivity contribution is 5.81. The largest absolute Gasteiger partial charge is 0.397 e. The Morgan fingerprint density at radius 3 is 2.14 bits per heavy atom. The van der Waals surface area contributed by atoms with Crippen molar-refractivity contribution in [2.45, 2.75) is 13.8 Å². The Balaban J connectivity index is 0.000000354. The Morgan fingerprint density at radius 2 is 1.76 bits per heavy atom. The third-order valence-electron chi connectivity index (χ3n) is 1.94. The minimum absolute atomic E-state index is 0.0166. The molecule has 1 aromatic carbocycles. The van der Waals surface area contributed by atoms with Gasteiger partial charge in [-0.2, -0.15) is 5.10 Å². The first-order valence-corrected chi connectivity index (χ1v) is 6.29. The summed E-state index contributed by atoms with van der Waals surface area (Å²) in [6.07, 6.45) is 3.18.